The molecule has 0 bridgehead atoms. The van der Waals surface area contributed by atoms with Gasteiger partial charge in [-0.2, -0.15) is 5.26 Å². The standard InChI is InChI=1S/C23H13N3O2S/c24-13-17(23-25-20(14-29-23)21-7-4-10-27-21)11-15-8-9-19-18(12-15)22(28-26-19)16-5-2-1-3-6-16/h1-12,14H. The van der Waals surface area contributed by atoms with Crippen molar-refractivity contribution in [1.82, 2.24) is 10.1 Å². The third-order valence-corrected chi connectivity index (χ3v) is 5.35. The lowest BCUT2D eigenvalue weighted by Crippen LogP contribution is -1.83. The highest BCUT2D eigenvalue weighted by Gasteiger charge is 2.13. The molecule has 0 atom stereocenters. The lowest BCUT2D eigenvalue weighted by molar-refractivity contribution is 0.441. The van der Waals surface area contributed by atoms with Crippen LogP contribution in [0.2, 0.25) is 0 Å². The molecule has 0 aliphatic heterocycles. The molecule has 3 aromatic heterocycles. The number of aromatic nitrogens is 2. The monoisotopic (exact) mass is 395 g/mol. The highest BCUT2D eigenvalue weighted by molar-refractivity contribution is 7.11. The van der Waals surface area contributed by atoms with Crippen LogP contribution in [0.15, 0.2) is 81.2 Å². The molecule has 0 saturated heterocycles. The summed E-state index contributed by atoms with van der Waals surface area (Å²) >= 11 is 1.41. The van der Waals surface area contributed by atoms with Gasteiger partial charge >= 0.3 is 0 Å². The van der Waals surface area contributed by atoms with E-state index in [1.54, 1.807) is 6.26 Å². The van der Waals surface area contributed by atoms with Crippen molar-refractivity contribution in [3.63, 3.8) is 0 Å². The smallest absolute Gasteiger partial charge is 0.174 e. The molecule has 29 heavy (non-hydrogen) atoms. The Labute approximate surface area is 170 Å². The Bertz CT molecular complexity index is 1360. The molecule has 0 amide bonds. The number of allylic oxidation sites excluding steroid dienone is 1. The van der Waals surface area contributed by atoms with Crippen molar-refractivity contribution in [2.75, 3.05) is 0 Å². The third-order valence-electron chi connectivity index (χ3n) is 4.48. The van der Waals surface area contributed by atoms with E-state index in [9.17, 15) is 5.26 Å². The van der Waals surface area contributed by atoms with Crippen molar-refractivity contribution in [1.29, 1.82) is 5.26 Å². The van der Waals surface area contributed by atoms with Gasteiger partial charge in [-0.1, -0.05) is 41.6 Å². The van der Waals surface area contributed by atoms with Crippen molar-refractivity contribution in [3.05, 3.63) is 82.9 Å². The first-order valence-corrected chi connectivity index (χ1v) is 9.76. The van der Waals surface area contributed by atoms with Gasteiger partial charge in [0.2, 0.25) is 0 Å². The van der Waals surface area contributed by atoms with E-state index in [1.165, 1.54) is 11.3 Å². The summed E-state index contributed by atoms with van der Waals surface area (Å²) in [6.07, 6.45) is 3.43. The van der Waals surface area contributed by atoms with E-state index in [1.807, 2.05) is 72.1 Å². The number of nitrogens with zero attached hydrogens (tertiary/aromatic N) is 3. The summed E-state index contributed by atoms with van der Waals surface area (Å²) < 4.78 is 10.9. The summed E-state index contributed by atoms with van der Waals surface area (Å²) in [4.78, 5) is 4.54. The highest BCUT2D eigenvalue weighted by Crippen LogP contribution is 2.31. The molecule has 6 heteroatoms. The molecule has 0 fully saturated rings. The van der Waals surface area contributed by atoms with Crippen LogP contribution in [0.1, 0.15) is 10.6 Å². The maximum atomic E-state index is 9.68. The second-order valence-electron chi connectivity index (χ2n) is 6.34. The van der Waals surface area contributed by atoms with Crippen molar-refractivity contribution < 1.29 is 8.94 Å². The zero-order valence-electron chi connectivity index (χ0n) is 15.1. The molecular formula is C23H13N3O2S. The summed E-state index contributed by atoms with van der Waals surface area (Å²) in [7, 11) is 0. The van der Waals surface area contributed by atoms with E-state index in [2.05, 4.69) is 16.2 Å². The van der Waals surface area contributed by atoms with Crippen molar-refractivity contribution in [3.8, 4) is 28.8 Å². The normalized spacial score (nSPS) is 11.6. The topological polar surface area (TPSA) is 75.8 Å². The van der Waals surface area contributed by atoms with Gasteiger partial charge < -0.3 is 8.94 Å². The fraction of sp³-hybridized carbons (Fsp3) is 0. The maximum absolute atomic E-state index is 9.68. The molecule has 5 rings (SSSR count). The SMILES string of the molecule is N#CC(=Cc1ccc2noc(-c3ccccc3)c2c1)c1nc(-c2ccco2)cs1. The van der Waals surface area contributed by atoms with E-state index in [0.29, 0.717) is 22.1 Å². The lowest BCUT2D eigenvalue weighted by atomic mass is 10.0. The zero-order chi connectivity index (χ0) is 19.6. The minimum atomic E-state index is 0.491. The van der Waals surface area contributed by atoms with Crippen LogP contribution in [-0.2, 0) is 0 Å². The average molecular weight is 395 g/mol. The van der Waals surface area contributed by atoms with Crippen LogP contribution in [0, 0.1) is 11.3 Å². The zero-order valence-corrected chi connectivity index (χ0v) is 15.9. The Morgan fingerprint density at radius 3 is 2.76 bits per heavy atom. The quantitative estimate of drug-likeness (QED) is 0.335. The number of hydrogen-bond donors (Lipinski definition) is 0. The molecule has 0 aliphatic rings. The van der Waals surface area contributed by atoms with E-state index in [4.69, 9.17) is 8.94 Å². The Morgan fingerprint density at radius 2 is 1.97 bits per heavy atom. The van der Waals surface area contributed by atoms with Gasteiger partial charge in [0.1, 0.15) is 22.3 Å². The molecule has 5 nitrogen and oxygen atoms in total. The van der Waals surface area contributed by atoms with Crippen LogP contribution in [0.25, 0.3) is 45.3 Å². The molecule has 3 heterocycles. The molecule has 0 radical (unpaired) electrons. The van der Waals surface area contributed by atoms with Crippen LogP contribution >= 0.6 is 11.3 Å². The third kappa shape index (κ3) is 3.24. The number of hydrogen-bond acceptors (Lipinski definition) is 6. The van der Waals surface area contributed by atoms with Crippen molar-refractivity contribution >= 4 is 33.9 Å². The number of nitriles is 1. The van der Waals surface area contributed by atoms with Crippen LogP contribution in [0.4, 0.5) is 0 Å². The lowest BCUT2D eigenvalue weighted by Gasteiger charge is -1.99. The summed E-state index contributed by atoms with van der Waals surface area (Å²) in [6, 6.07) is 21.5. The number of thiazole rings is 1. The van der Waals surface area contributed by atoms with Crippen LogP contribution in [-0.4, -0.2) is 10.1 Å². The van der Waals surface area contributed by atoms with E-state index in [-0.39, 0.29) is 0 Å². The van der Waals surface area contributed by atoms with Gasteiger partial charge in [-0.25, -0.2) is 4.98 Å². The number of benzene rings is 2. The van der Waals surface area contributed by atoms with Crippen LogP contribution in [0.5, 0.6) is 0 Å². The van der Waals surface area contributed by atoms with Gasteiger partial charge in [0, 0.05) is 10.9 Å². The fourth-order valence-electron chi connectivity index (χ4n) is 3.09. The van der Waals surface area contributed by atoms with Gasteiger partial charge in [0.15, 0.2) is 11.5 Å². The van der Waals surface area contributed by atoms with E-state index < -0.39 is 0 Å². The molecule has 0 aliphatic carbocycles. The largest absolute Gasteiger partial charge is 0.463 e. The predicted octanol–water partition coefficient (Wildman–Crippen LogP) is 6.28. The summed E-state index contributed by atoms with van der Waals surface area (Å²) in [5, 5.41) is 17.3. The van der Waals surface area contributed by atoms with Crippen LogP contribution in [0.3, 0.4) is 0 Å². The molecule has 0 unspecified atom stereocenters. The Kier molecular flexibility index (Phi) is 4.28. The first kappa shape index (κ1) is 17.2. The first-order valence-electron chi connectivity index (χ1n) is 8.88. The molecule has 2 aromatic carbocycles. The van der Waals surface area contributed by atoms with Crippen molar-refractivity contribution in [2.24, 2.45) is 0 Å². The fourth-order valence-corrected chi connectivity index (χ4v) is 3.86. The van der Waals surface area contributed by atoms with Gasteiger partial charge in [-0.05, 0) is 35.9 Å². The predicted molar refractivity (Wildman–Crippen MR) is 113 cm³/mol. The molecular weight excluding hydrogens is 382 g/mol. The number of furan rings is 1. The van der Waals surface area contributed by atoms with Crippen LogP contribution < -0.4 is 0 Å². The van der Waals surface area contributed by atoms with Gasteiger partial charge in [-0.3, -0.25) is 0 Å². The molecule has 5 aromatic rings. The van der Waals surface area contributed by atoms with Gasteiger partial charge in [0.05, 0.1) is 17.2 Å². The van der Waals surface area contributed by atoms with E-state index >= 15 is 0 Å². The van der Waals surface area contributed by atoms with Gasteiger partial charge in [-0.15, -0.1) is 11.3 Å². The molecule has 0 N–H and O–H groups in total. The first-order chi connectivity index (χ1) is 14.3. The van der Waals surface area contributed by atoms with Gasteiger partial charge in [0.25, 0.3) is 0 Å². The average Bonchev–Trinajstić information content (AvgIpc) is 3.52. The second kappa shape index (κ2) is 7.23. The molecule has 0 saturated carbocycles. The number of fused-ring (bicyclic) bond motifs is 1. The Balaban J connectivity index is 1.54. The molecule has 0 spiro atoms. The molecule has 138 valence electrons. The second-order valence-corrected chi connectivity index (χ2v) is 7.20. The number of rotatable bonds is 4. The highest BCUT2D eigenvalue weighted by atomic mass is 32.1. The van der Waals surface area contributed by atoms with E-state index in [0.717, 1.165) is 27.7 Å². The van der Waals surface area contributed by atoms with Crippen molar-refractivity contribution in [2.45, 2.75) is 0 Å². The minimum Gasteiger partial charge on any atom is -0.463 e. The summed E-state index contributed by atoms with van der Waals surface area (Å²) in [5.41, 5.74) is 3.82. The Morgan fingerprint density at radius 1 is 1.07 bits per heavy atom. The summed E-state index contributed by atoms with van der Waals surface area (Å²) in [6.45, 7) is 0. The summed E-state index contributed by atoms with van der Waals surface area (Å²) in [5.74, 6) is 1.40. The maximum Gasteiger partial charge on any atom is 0.174 e. The Hall–Kier alpha value is -3.95. The minimum absolute atomic E-state index is 0.491.